The molecule has 2 fully saturated rings. The SMILES string of the molecule is CN1C(=O)CN(c2cccc(C3(N=C=O)CCC3)c2)CC1=O. The molecule has 0 unspecified atom stereocenters. The number of benzene rings is 1. The average molecular weight is 299 g/mol. The zero-order valence-corrected chi connectivity index (χ0v) is 12.4. The number of rotatable bonds is 3. The number of imide groups is 1. The number of carbonyl (C=O) groups is 2. The Kier molecular flexibility index (Phi) is 3.54. The summed E-state index contributed by atoms with van der Waals surface area (Å²) in [6.07, 6.45) is 4.35. The monoisotopic (exact) mass is 299 g/mol. The van der Waals surface area contributed by atoms with Crippen LogP contribution in [0.5, 0.6) is 0 Å². The number of aliphatic imine (C=N–C) groups is 1. The Morgan fingerprint density at radius 2 is 1.86 bits per heavy atom. The molecule has 3 rings (SSSR count). The second-order valence-electron chi connectivity index (χ2n) is 5.84. The Morgan fingerprint density at radius 3 is 2.41 bits per heavy atom. The van der Waals surface area contributed by atoms with Gasteiger partial charge in [0.25, 0.3) is 0 Å². The summed E-state index contributed by atoms with van der Waals surface area (Å²) in [7, 11) is 1.50. The largest absolute Gasteiger partial charge is 0.353 e. The first-order chi connectivity index (χ1) is 10.6. The van der Waals surface area contributed by atoms with E-state index in [1.807, 2.05) is 24.3 Å². The molecular formula is C16H17N3O3. The second kappa shape index (κ2) is 5.39. The highest BCUT2D eigenvalue weighted by atomic mass is 16.2. The van der Waals surface area contributed by atoms with Gasteiger partial charge in [-0.15, -0.1) is 0 Å². The van der Waals surface area contributed by atoms with Gasteiger partial charge in [-0.2, -0.15) is 4.99 Å². The van der Waals surface area contributed by atoms with E-state index in [0.29, 0.717) is 0 Å². The minimum atomic E-state index is -0.474. The van der Waals surface area contributed by atoms with Gasteiger partial charge in [0.05, 0.1) is 18.6 Å². The lowest BCUT2D eigenvalue weighted by Gasteiger charge is -2.38. The number of piperazine rings is 1. The summed E-state index contributed by atoms with van der Waals surface area (Å²) >= 11 is 0. The number of hydrogen-bond acceptors (Lipinski definition) is 5. The smallest absolute Gasteiger partial charge is 0.248 e. The maximum atomic E-state index is 11.8. The molecule has 1 aromatic rings. The van der Waals surface area contributed by atoms with Gasteiger partial charge in [-0.05, 0) is 37.0 Å². The van der Waals surface area contributed by atoms with Crippen LogP contribution in [0.2, 0.25) is 0 Å². The molecule has 0 radical (unpaired) electrons. The fraction of sp³-hybridized carbons (Fsp3) is 0.438. The van der Waals surface area contributed by atoms with Gasteiger partial charge < -0.3 is 4.90 Å². The van der Waals surface area contributed by atoms with Crippen molar-refractivity contribution in [2.75, 3.05) is 25.0 Å². The summed E-state index contributed by atoms with van der Waals surface area (Å²) in [4.78, 5) is 41.3. The van der Waals surface area contributed by atoms with E-state index in [2.05, 4.69) is 4.99 Å². The standard InChI is InChI=1S/C16H17N3O3/c1-18-14(21)9-19(10-15(18)22)13-5-2-4-12(8-13)16(17-11-20)6-3-7-16/h2,4-5,8H,3,6-7,9-10H2,1H3. The molecule has 0 aromatic heterocycles. The van der Waals surface area contributed by atoms with E-state index in [4.69, 9.17) is 0 Å². The number of amides is 2. The first-order valence-electron chi connectivity index (χ1n) is 7.30. The maximum Gasteiger partial charge on any atom is 0.248 e. The molecule has 0 bridgehead atoms. The summed E-state index contributed by atoms with van der Waals surface area (Å²) < 4.78 is 0. The van der Waals surface area contributed by atoms with Crippen LogP contribution in [0.1, 0.15) is 24.8 Å². The third-order valence-electron chi connectivity index (χ3n) is 4.59. The van der Waals surface area contributed by atoms with E-state index >= 15 is 0 Å². The van der Waals surface area contributed by atoms with Crippen LogP contribution in [-0.2, 0) is 19.9 Å². The zero-order chi connectivity index (χ0) is 15.7. The number of carbonyl (C=O) groups excluding carboxylic acids is 3. The minimum Gasteiger partial charge on any atom is -0.353 e. The number of hydrogen-bond donors (Lipinski definition) is 0. The highest BCUT2D eigenvalue weighted by molar-refractivity contribution is 6.02. The van der Waals surface area contributed by atoms with Crippen LogP contribution in [0.3, 0.4) is 0 Å². The minimum absolute atomic E-state index is 0.176. The lowest BCUT2D eigenvalue weighted by molar-refractivity contribution is -0.143. The van der Waals surface area contributed by atoms with Crippen LogP contribution < -0.4 is 4.90 Å². The third kappa shape index (κ3) is 2.31. The van der Waals surface area contributed by atoms with Gasteiger partial charge in [0.15, 0.2) is 0 Å². The lowest BCUT2D eigenvalue weighted by atomic mass is 9.72. The van der Waals surface area contributed by atoms with Crippen molar-refractivity contribution < 1.29 is 14.4 Å². The Balaban J connectivity index is 1.90. The Bertz CT molecular complexity index is 657. The predicted octanol–water partition coefficient (Wildman–Crippen LogP) is 1.21. The molecule has 6 nitrogen and oxygen atoms in total. The van der Waals surface area contributed by atoms with E-state index in [9.17, 15) is 14.4 Å². The Morgan fingerprint density at radius 1 is 1.18 bits per heavy atom. The van der Waals surface area contributed by atoms with Crippen LogP contribution in [0.25, 0.3) is 0 Å². The fourth-order valence-corrected chi connectivity index (χ4v) is 2.97. The first-order valence-corrected chi connectivity index (χ1v) is 7.30. The molecule has 6 heteroatoms. The van der Waals surface area contributed by atoms with Crippen molar-refractivity contribution in [1.29, 1.82) is 0 Å². The Labute approximate surface area is 128 Å². The van der Waals surface area contributed by atoms with Crippen molar-refractivity contribution in [2.24, 2.45) is 4.99 Å². The van der Waals surface area contributed by atoms with Crippen LogP contribution in [0.4, 0.5) is 5.69 Å². The van der Waals surface area contributed by atoms with E-state index in [0.717, 1.165) is 35.4 Å². The molecule has 1 aromatic carbocycles. The predicted molar refractivity (Wildman–Crippen MR) is 80.1 cm³/mol. The van der Waals surface area contributed by atoms with E-state index in [1.165, 1.54) is 7.05 Å². The van der Waals surface area contributed by atoms with Crippen molar-refractivity contribution in [2.45, 2.75) is 24.8 Å². The summed E-state index contributed by atoms with van der Waals surface area (Å²) in [5.41, 5.74) is 1.27. The Hall–Kier alpha value is -2.46. The van der Waals surface area contributed by atoms with Crippen LogP contribution in [-0.4, -0.2) is 42.9 Å². The zero-order valence-electron chi connectivity index (χ0n) is 12.4. The molecule has 1 heterocycles. The highest BCUT2D eigenvalue weighted by Gasteiger charge is 2.39. The molecule has 1 aliphatic heterocycles. The van der Waals surface area contributed by atoms with Crippen LogP contribution in [0.15, 0.2) is 29.3 Å². The summed E-state index contributed by atoms with van der Waals surface area (Å²) in [6, 6.07) is 7.60. The van der Waals surface area contributed by atoms with Crippen molar-refractivity contribution in [1.82, 2.24) is 4.90 Å². The lowest BCUT2D eigenvalue weighted by Crippen LogP contribution is -2.52. The van der Waals surface area contributed by atoms with Gasteiger partial charge in [0.2, 0.25) is 17.9 Å². The van der Waals surface area contributed by atoms with Crippen molar-refractivity contribution in [3.8, 4) is 0 Å². The maximum absolute atomic E-state index is 11.8. The summed E-state index contributed by atoms with van der Waals surface area (Å²) in [5, 5.41) is 0. The normalized spacial score (nSPS) is 20.4. The molecule has 1 saturated carbocycles. The number of isocyanates is 1. The molecule has 0 N–H and O–H groups in total. The van der Waals surface area contributed by atoms with Gasteiger partial charge in [0.1, 0.15) is 0 Å². The van der Waals surface area contributed by atoms with E-state index in [-0.39, 0.29) is 24.9 Å². The number of nitrogens with zero attached hydrogens (tertiary/aromatic N) is 3. The van der Waals surface area contributed by atoms with Gasteiger partial charge in [-0.1, -0.05) is 12.1 Å². The van der Waals surface area contributed by atoms with Crippen LogP contribution >= 0.6 is 0 Å². The molecule has 1 saturated heterocycles. The van der Waals surface area contributed by atoms with E-state index < -0.39 is 5.54 Å². The third-order valence-corrected chi connectivity index (χ3v) is 4.59. The molecular weight excluding hydrogens is 282 g/mol. The number of likely N-dealkylation sites (N-methyl/N-ethyl adjacent to an activating group) is 1. The quantitative estimate of drug-likeness (QED) is 0.478. The summed E-state index contributed by atoms with van der Waals surface area (Å²) in [5.74, 6) is -0.433. The number of anilines is 1. The van der Waals surface area contributed by atoms with Crippen molar-refractivity contribution in [3.63, 3.8) is 0 Å². The van der Waals surface area contributed by atoms with Crippen molar-refractivity contribution >= 4 is 23.6 Å². The molecule has 22 heavy (non-hydrogen) atoms. The van der Waals surface area contributed by atoms with Gasteiger partial charge >= 0.3 is 0 Å². The van der Waals surface area contributed by atoms with Crippen LogP contribution in [0, 0.1) is 0 Å². The van der Waals surface area contributed by atoms with Gasteiger partial charge in [0, 0.05) is 12.7 Å². The highest BCUT2D eigenvalue weighted by Crippen LogP contribution is 2.45. The first kappa shape index (κ1) is 14.5. The van der Waals surface area contributed by atoms with E-state index in [1.54, 1.807) is 11.0 Å². The topological polar surface area (TPSA) is 70.1 Å². The molecule has 114 valence electrons. The second-order valence-corrected chi connectivity index (χ2v) is 5.84. The summed E-state index contributed by atoms with van der Waals surface area (Å²) in [6.45, 7) is 0.352. The molecule has 0 spiro atoms. The average Bonchev–Trinajstić information content (AvgIpc) is 2.48. The van der Waals surface area contributed by atoms with Crippen molar-refractivity contribution in [3.05, 3.63) is 29.8 Å². The van der Waals surface area contributed by atoms with Gasteiger partial charge in [-0.3, -0.25) is 14.5 Å². The van der Waals surface area contributed by atoms with Gasteiger partial charge in [-0.25, -0.2) is 4.79 Å². The molecule has 1 aliphatic carbocycles. The molecule has 2 amide bonds. The fourth-order valence-electron chi connectivity index (χ4n) is 2.97. The molecule has 2 aliphatic rings. The molecule has 0 atom stereocenters.